The van der Waals surface area contributed by atoms with Crippen LogP contribution >= 0.6 is 12.4 Å². The third-order valence-electron chi connectivity index (χ3n) is 2.67. The fraction of sp³-hybridized carbons (Fsp3) is 0. The van der Waals surface area contributed by atoms with Crippen LogP contribution in [0.2, 0.25) is 0 Å². The first-order valence-corrected chi connectivity index (χ1v) is 5.12. The van der Waals surface area contributed by atoms with Crippen LogP contribution in [0.1, 0.15) is 0 Å². The van der Waals surface area contributed by atoms with Crippen molar-refractivity contribution in [2.75, 3.05) is 5.73 Å². The highest BCUT2D eigenvalue weighted by molar-refractivity contribution is 5.92. The number of aromatic amines is 1. The molecule has 3 N–H and O–H groups in total. The molecular weight excluding hydrogens is 234 g/mol. The Morgan fingerprint density at radius 1 is 1.12 bits per heavy atom. The van der Waals surface area contributed by atoms with Crippen molar-refractivity contribution in [2.45, 2.75) is 0 Å². The molecule has 86 valence electrons. The smallest absolute Gasteiger partial charge is 0.0710 e. The number of nitrogens with one attached hydrogen (secondary N) is 1. The molecule has 4 heteroatoms. The molecule has 3 rings (SSSR count). The molecule has 2 heterocycles. The summed E-state index contributed by atoms with van der Waals surface area (Å²) in [5, 5.41) is 1.02. The first kappa shape index (κ1) is 11.5. The molecule has 0 atom stereocenters. The zero-order chi connectivity index (χ0) is 11.0. The van der Waals surface area contributed by atoms with E-state index in [1.54, 1.807) is 6.20 Å². The standard InChI is InChI=1S/C13H11N3.ClH/c14-11-7-15-13-8-16-12(6-10(11)13)9-4-2-1-3-5-9;/h1-8,15H,14H2;1H. The van der Waals surface area contributed by atoms with Gasteiger partial charge in [0.2, 0.25) is 0 Å². The zero-order valence-corrected chi connectivity index (χ0v) is 9.87. The summed E-state index contributed by atoms with van der Waals surface area (Å²) in [6.07, 6.45) is 3.61. The zero-order valence-electron chi connectivity index (χ0n) is 9.05. The second kappa shape index (κ2) is 4.47. The number of anilines is 1. The Balaban J connectivity index is 0.00000108. The molecule has 0 aliphatic carbocycles. The Bertz CT molecular complexity index is 631. The topological polar surface area (TPSA) is 54.7 Å². The van der Waals surface area contributed by atoms with E-state index in [0.717, 1.165) is 27.8 Å². The number of hydrogen-bond acceptors (Lipinski definition) is 2. The summed E-state index contributed by atoms with van der Waals surface area (Å²) >= 11 is 0. The Morgan fingerprint density at radius 3 is 2.65 bits per heavy atom. The van der Waals surface area contributed by atoms with Crippen LogP contribution in [-0.4, -0.2) is 9.97 Å². The van der Waals surface area contributed by atoms with Crippen molar-refractivity contribution in [3.8, 4) is 11.3 Å². The van der Waals surface area contributed by atoms with Crippen molar-refractivity contribution in [3.05, 3.63) is 48.8 Å². The maximum absolute atomic E-state index is 5.86. The Hall–Kier alpha value is -2.00. The first-order valence-electron chi connectivity index (χ1n) is 5.12. The number of nitrogens with two attached hydrogens (primary N) is 1. The lowest BCUT2D eigenvalue weighted by atomic mass is 10.1. The molecule has 0 bridgehead atoms. The van der Waals surface area contributed by atoms with Crippen molar-refractivity contribution in [2.24, 2.45) is 0 Å². The second-order valence-electron chi connectivity index (χ2n) is 3.73. The molecule has 0 amide bonds. The predicted octanol–water partition coefficient (Wildman–Crippen LogP) is 3.23. The van der Waals surface area contributed by atoms with Crippen LogP contribution in [0.3, 0.4) is 0 Å². The summed E-state index contributed by atoms with van der Waals surface area (Å²) in [5.41, 5.74) is 9.64. The molecule has 0 aliphatic heterocycles. The monoisotopic (exact) mass is 245 g/mol. The molecule has 0 aliphatic rings. The van der Waals surface area contributed by atoms with Crippen LogP contribution < -0.4 is 5.73 Å². The number of halogens is 1. The van der Waals surface area contributed by atoms with Crippen molar-refractivity contribution in [1.82, 2.24) is 9.97 Å². The van der Waals surface area contributed by atoms with Crippen molar-refractivity contribution in [1.29, 1.82) is 0 Å². The highest BCUT2D eigenvalue weighted by Gasteiger charge is 2.04. The van der Waals surface area contributed by atoms with Gasteiger partial charge in [-0.2, -0.15) is 0 Å². The molecule has 0 spiro atoms. The maximum atomic E-state index is 5.86. The lowest BCUT2D eigenvalue weighted by Gasteiger charge is -2.00. The summed E-state index contributed by atoms with van der Waals surface area (Å²) in [6, 6.07) is 12.1. The average Bonchev–Trinajstić information content (AvgIpc) is 2.72. The van der Waals surface area contributed by atoms with Gasteiger partial charge in [-0.15, -0.1) is 12.4 Å². The number of benzene rings is 1. The van der Waals surface area contributed by atoms with E-state index >= 15 is 0 Å². The number of fused-ring (bicyclic) bond motifs is 1. The minimum Gasteiger partial charge on any atom is -0.397 e. The number of aromatic nitrogens is 2. The quantitative estimate of drug-likeness (QED) is 0.692. The lowest BCUT2D eigenvalue weighted by Crippen LogP contribution is -1.85. The van der Waals surface area contributed by atoms with Gasteiger partial charge in [-0.25, -0.2) is 0 Å². The molecule has 0 fully saturated rings. The van der Waals surface area contributed by atoms with E-state index in [1.165, 1.54) is 0 Å². The summed E-state index contributed by atoms with van der Waals surface area (Å²) in [6.45, 7) is 0. The summed E-state index contributed by atoms with van der Waals surface area (Å²) in [5.74, 6) is 0. The maximum Gasteiger partial charge on any atom is 0.0710 e. The highest BCUT2D eigenvalue weighted by atomic mass is 35.5. The van der Waals surface area contributed by atoms with Gasteiger partial charge in [-0.3, -0.25) is 4.98 Å². The molecule has 2 aromatic heterocycles. The van der Waals surface area contributed by atoms with Crippen LogP contribution in [-0.2, 0) is 0 Å². The first-order chi connectivity index (χ1) is 7.84. The Morgan fingerprint density at radius 2 is 1.88 bits per heavy atom. The predicted molar refractivity (Wildman–Crippen MR) is 73.2 cm³/mol. The van der Waals surface area contributed by atoms with Gasteiger partial charge in [0, 0.05) is 17.1 Å². The minimum absolute atomic E-state index is 0. The molecule has 0 saturated carbocycles. The van der Waals surface area contributed by atoms with E-state index in [2.05, 4.69) is 9.97 Å². The number of nitrogens with zero attached hydrogens (tertiary/aromatic N) is 1. The molecule has 3 nitrogen and oxygen atoms in total. The van der Waals surface area contributed by atoms with E-state index in [9.17, 15) is 0 Å². The number of pyridine rings is 1. The molecule has 0 unspecified atom stereocenters. The van der Waals surface area contributed by atoms with E-state index in [-0.39, 0.29) is 12.4 Å². The molecule has 17 heavy (non-hydrogen) atoms. The van der Waals surface area contributed by atoms with E-state index in [1.807, 2.05) is 42.6 Å². The second-order valence-corrected chi connectivity index (χ2v) is 3.73. The van der Waals surface area contributed by atoms with Gasteiger partial charge >= 0.3 is 0 Å². The van der Waals surface area contributed by atoms with Crippen molar-refractivity contribution in [3.63, 3.8) is 0 Å². The summed E-state index contributed by atoms with van der Waals surface area (Å²) in [7, 11) is 0. The third kappa shape index (κ3) is 1.97. The van der Waals surface area contributed by atoms with Gasteiger partial charge in [-0.1, -0.05) is 30.3 Å². The van der Waals surface area contributed by atoms with Crippen LogP contribution in [0.25, 0.3) is 22.2 Å². The van der Waals surface area contributed by atoms with E-state index < -0.39 is 0 Å². The van der Waals surface area contributed by atoms with Crippen LogP contribution in [0.15, 0.2) is 48.8 Å². The highest BCUT2D eigenvalue weighted by Crippen LogP contribution is 2.24. The normalized spacial score (nSPS) is 10.1. The lowest BCUT2D eigenvalue weighted by molar-refractivity contribution is 1.33. The number of nitrogen functional groups attached to an aromatic ring is 1. The average molecular weight is 246 g/mol. The van der Waals surface area contributed by atoms with Crippen LogP contribution in [0.5, 0.6) is 0 Å². The van der Waals surface area contributed by atoms with Crippen molar-refractivity contribution >= 4 is 29.0 Å². The fourth-order valence-corrected chi connectivity index (χ4v) is 1.81. The minimum atomic E-state index is 0. The van der Waals surface area contributed by atoms with Crippen molar-refractivity contribution < 1.29 is 0 Å². The van der Waals surface area contributed by atoms with Gasteiger partial charge in [0.05, 0.1) is 23.1 Å². The third-order valence-corrected chi connectivity index (χ3v) is 2.67. The molecule has 1 aromatic carbocycles. The molecular formula is C13H12ClN3. The van der Waals surface area contributed by atoms with Crippen LogP contribution in [0.4, 0.5) is 5.69 Å². The van der Waals surface area contributed by atoms with Gasteiger partial charge in [-0.05, 0) is 6.07 Å². The van der Waals surface area contributed by atoms with Gasteiger partial charge in [0.1, 0.15) is 0 Å². The summed E-state index contributed by atoms with van der Waals surface area (Å²) in [4.78, 5) is 7.48. The van der Waals surface area contributed by atoms with E-state index in [0.29, 0.717) is 0 Å². The van der Waals surface area contributed by atoms with Gasteiger partial charge in [0.25, 0.3) is 0 Å². The Kier molecular flexibility index (Phi) is 3.02. The number of H-pyrrole nitrogens is 1. The number of hydrogen-bond donors (Lipinski definition) is 2. The molecule has 0 radical (unpaired) electrons. The molecule has 3 aromatic rings. The largest absolute Gasteiger partial charge is 0.397 e. The van der Waals surface area contributed by atoms with Crippen LogP contribution in [0, 0.1) is 0 Å². The van der Waals surface area contributed by atoms with E-state index in [4.69, 9.17) is 5.73 Å². The molecule has 0 saturated heterocycles. The number of rotatable bonds is 1. The summed E-state index contributed by atoms with van der Waals surface area (Å²) < 4.78 is 0. The Labute approximate surface area is 105 Å². The SMILES string of the molecule is Cl.Nc1c[nH]c2cnc(-c3ccccc3)cc12. The van der Waals surface area contributed by atoms with Gasteiger partial charge < -0.3 is 10.7 Å². The fourth-order valence-electron chi connectivity index (χ4n) is 1.81. The van der Waals surface area contributed by atoms with Gasteiger partial charge in [0.15, 0.2) is 0 Å².